The molecule has 0 bridgehead atoms. The van der Waals surface area contributed by atoms with Crippen molar-refractivity contribution in [1.82, 2.24) is 10.2 Å². The van der Waals surface area contributed by atoms with Crippen LogP contribution in [-0.2, 0) is 4.74 Å². The quantitative estimate of drug-likeness (QED) is 0.809. The molecule has 2 saturated heterocycles. The maximum absolute atomic E-state index is 5.75. The smallest absolute Gasteiger partial charge is 0.0826 e. The first-order valence-corrected chi connectivity index (χ1v) is 8.34. The lowest BCUT2D eigenvalue weighted by atomic mass is 10.2. The third-order valence-electron chi connectivity index (χ3n) is 2.99. The van der Waals surface area contributed by atoms with Gasteiger partial charge in [0.25, 0.3) is 0 Å². The molecule has 1 atom stereocenters. The van der Waals surface area contributed by atoms with Gasteiger partial charge in [-0.05, 0) is 7.05 Å². The molecular formula is C11H22N2OS2. The van der Waals surface area contributed by atoms with Gasteiger partial charge in [0.15, 0.2) is 0 Å². The molecule has 0 saturated carbocycles. The largest absolute Gasteiger partial charge is 0.374 e. The summed E-state index contributed by atoms with van der Waals surface area (Å²) < 4.78 is 5.75. The van der Waals surface area contributed by atoms with Gasteiger partial charge in [0.05, 0.1) is 12.7 Å². The number of thioether (sulfide) groups is 2. The lowest BCUT2D eigenvalue weighted by molar-refractivity contribution is -0.0187. The topological polar surface area (TPSA) is 24.5 Å². The highest BCUT2D eigenvalue weighted by Crippen LogP contribution is 2.16. The fourth-order valence-corrected chi connectivity index (χ4v) is 4.49. The molecule has 2 heterocycles. The zero-order valence-electron chi connectivity index (χ0n) is 9.98. The fourth-order valence-electron chi connectivity index (χ4n) is 2.02. The van der Waals surface area contributed by atoms with Gasteiger partial charge in [0.1, 0.15) is 0 Å². The van der Waals surface area contributed by atoms with Crippen LogP contribution in [0.3, 0.4) is 0 Å². The molecule has 0 radical (unpaired) electrons. The number of hydrogen-bond donors (Lipinski definition) is 1. The summed E-state index contributed by atoms with van der Waals surface area (Å²) in [6, 6.07) is 0.674. The standard InChI is InChI=1S/C11H22N2OS2/c1-13-2-3-14-11(7-13)6-12-10-8-15-4-5-16-9-10/h10-12H,2-9H2,1H3/t11-/m0/s1. The molecule has 0 aromatic heterocycles. The van der Waals surface area contributed by atoms with Crippen LogP contribution < -0.4 is 5.32 Å². The molecule has 2 rings (SSSR count). The van der Waals surface area contributed by atoms with Crippen LogP contribution in [0.1, 0.15) is 0 Å². The van der Waals surface area contributed by atoms with Crippen LogP contribution in [0.25, 0.3) is 0 Å². The molecule has 2 aliphatic rings. The van der Waals surface area contributed by atoms with E-state index in [1.54, 1.807) is 0 Å². The summed E-state index contributed by atoms with van der Waals surface area (Å²) in [4.78, 5) is 2.35. The lowest BCUT2D eigenvalue weighted by Gasteiger charge is -2.31. The van der Waals surface area contributed by atoms with Gasteiger partial charge in [-0.25, -0.2) is 0 Å². The number of morpholine rings is 1. The van der Waals surface area contributed by atoms with Gasteiger partial charge in [0, 0.05) is 48.7 Å². The maximum atomic E-state index is 5.75. The van der Waals surface area contributed by atoms with E-state index in [2.05, 4.69) is 40.8 Å². The number of rotatable bonds is 3. The van der Waals surface area contributed by atoms with Gasteiger partial charge in [-0.2, -0.15) is 23.5 Å². The highest BCUT2D eigenvalue weighted by molar-refractivity contribution is 8.03. The normalized spacial score (nSPS) is 30.2. The van der Waals surface area contributed by atoms with E-state index in [0.29, 0.717) is 12.1 Å². The Hall–Kier alpha value is 0.580. The molecule has 3 nitrogen and oxygen atoms in total. The Balaban J connectivity index is 1.65. The van der Waals surface area contributed by atoms with Gasteiger partial charge in [-0.3, -0.25) is 0 Å². The summed E-state index contributed by atoms with van der Waals surface area (Å²) in [5, 5.41) is 3.66. The molecule has 0 unspecified atom stereocenters. The zero-order chi connectivity index (χ0) is 11.2. The SMILES string of the molecule is CN1CCO[C@@H](CNC2CSCCSC2)C1. The van der Waals surface area contributed by atoms with Crippen molar-refractivity contribution in [3.8, 4) is 0 Å². The van der Waals surface area contributed by atoms with Crippen molar-refractivity contribution in [2.45, 2.75) is 12.1 Å². The van der Waals surface area contributed by atoms with Crippen molar-refractivity contribution in [1.29, 1.82) is 0 Å². The molecular weight excluding hydrogens is 240 g/mol. The van der Waals surface area contributed by atoms with Crippen LogP contribution in [-0.4, -0.2) is 73.3 Å². The van der Waals surface area contributed by atoms with Crippen LogP contribution in [0, 0.1) is 0 Å². The van der Waals surface area contributed by atoms with E-state index in [1.165, 1.54) is 23.0 Å². The van der Waals surface area contributed by atoms with Crippen LogP contribution >= 0.6 is 23.5 Å². The average Bonchev–Trinajstić information content (AvgIpc) is 2.55. The summed E-state index contributed by atoms with van der Waals surface area (Å²) in [5.74, 6) is 5.14. The minimum atomic E-state index is 0.386. The summed E-state index contributed by atoms with van der Waals surface area (Å²) in [6.45, 7) is 4.04. The second kappa shape index (κ2) is 7.11. The molecule has 0 aromatic carbocycles. The summed E-state index contributed by atoms with van der Waals surface area (Å²) in [7, 11) is 2.17. The highest BCUT2D eigenvalue weighted by atomic mass is 32.2. The molecule has 0 amide bonds. The second-order valence-electron chi connectivity index (χ2n) is 4.51. The van der Waals surface area contributed by atoms with Crippen LogP contribution in [0.4, 0.5) is 0 Å². The Bertz CT molecular complexity index is 196. The van der Waals surface area contributed by atoms with E-state index in [-0.39, 0.29) is 0 Å². The molecule has 16 heavy (non-hydrogen) atoms. The first-order chi connectivity index (χ1) is 7.84. The van der Waals surface area contributed by atoms with Gasteiger partial charge in [-0.1, -0.05) is 0 Å². The first kappa shape index (κ1) is 13.0. The number of likely N-dealkylation sites (N-methyl/N-ethyl adjacent to an activating group) is 1. The maximum Gasteiger partial charge on any atom is 0.0826 e. The summed E-state index contributed by atoms with van der Waals surface area (Å²) in [5.41, 5.74) is 0. The third kappa shape index (κ3) is 4.45. The number of ether oxygens (including phenoxy) is 1. The second-order valence-corrected chi connectivity index (χ2v) is 6.81. The van der Waals surface area contributed by atoms with E-state index in [9.17, 15) is 0 Å². The van der Waals surface area contributed by atoms with Crippen molar-refractivity contribution in [2.75, 3.05) is 56.3 Å². The number of nitrogens with one attached hydrogen (secondary N) is 1. The van der Waals surface area contributed by atoms with Crippen molar-refractivity contribution >= 4 is 23.5 Å². The molecule has 94 valence electrons. The van der Waals surface area contributed by atoms with Crippen LogP contribution in [0.5, 0.6) is 0 Å². The predicted octanol–water partition coefficient (Wildman–Crippen LogP) is 0.755. The van der Waals surface area contributed by atoms with Crippen molar-refractivity contribution in [3.05, 3.63) is 0 Å². The molecule has 1 N–H and O–H groups in total. The van der Waals surface area contributed by atoms with E-state index in [1.807, 2.05) is 0 Å². The van der Waals surface area contributed by atoms with Crippen molar-refractivity contribution in [2.24, 2.45) is 0 Å². The van der Waals surface area contributed by atoms with Gasteiger partial charge < -0.3 is 15.0 Å². The van der Waals surface area contributed by atoms with E-state index < -0.39 is 0 Å². The number of hydrogen-bond acceptors (Lipinski definition) is 5. The molecule has 5 heteroatoms. The molecule has 0 spiro atoms. The van der Waals surface area contributed by atoms with Gasteiger partial charge >= 0.3 is 0 Å². The number of nitrogens with zero attached hydrogens (tertiary/aromatic N) is 1. The Morgan fingerprint density at radius 1 is 1.31 bits per heavy atom. The van der Waals surface area contributed by atoms with Gasteiger partial charge in [-0.15, -0.1) is 0 Å². The predicted molar refractivity (Wildman–Crippen MR) is 73.7 cm³/mol. The summed E-state index contributed by atoms with van der Waals surface area (Å²) >= 11 is 4.15. The minimum Gasteiger partial charge on any atom is -0.374 e. The molecule has 2 fully saturated rings. The summed E-state index contributed by atoms with van der Waals surface area (Å²) in [6.07, 6.45) is 0.386. The van der Waals surface area contributed by atoms with Crippen LogP contribution in [0.15, 0.2) is 0 Å². The first-order valence-electron chi connectivity index (χ1n) is 6.03. The van der Waals surface area contributed by atoms with Gasteiger partial charge in [0.2, 0.25) is 0 Å². The Morgan fingerprint density at radius 2 is 2.06 bits per heavy atom. The van der Waals surface area contributed by atoms with Crippen LogP contribution in [0.2, 0.25) is 0 Å². The fraction of sp³-hybridized carbons (Fsp3) is 1.00. The van der Waals surface area contributed by atoms with E-state index in [0.717, 1.165) is 26.2 Å². The van der Waals surface area contributed by atoms with E-state index in [4.69, 9.17) is 4.74 Å². The molecule has 0 aromatic rings. The molecule has 2 aliphatic heterocycles. The molecule has 0 aliphatic carbocycles. The Kier molecular flexibility index (Phi) is 5.79. The van der Waals surface area contributed by atoms with Crippen molar-refractivity contribution < 1.29 is 4.74 Å². The minimum absolute atomic E-state index is 0.386. The zero-order valence-corrected chi connectivity index (χ0v) is 11.6. The average molecular weight is 262 g/mol. The lowest BCUT2D eigenvalue weighted by Crippen LogP contribution is -2.47. The Labute approximate surface area is 107 Å². The van der Waals surface area contributed by atoms with Crippen molar-refractivity contribution in [3.63, 3.8) is 0 Å². The highest BCUT2D eigenvalue weighted by Gasteiger charge is 2.19. The van der Waals surface area contributed by atoms with E-state index >= 15 is 0 Å². The monoisotopic (exact) mass is 262 g/mol. The Morgan fingerprint density at radius 3 is 2.75 bits per heavy atom. The third-order valence-corrected chi connectivity index (χ3v) is 5.51.